The zero-order valence-corrected chi connectivity index (χ0v) is 14.1. The maximum absolute atomic E-state index is 6.32. The Morgan fingerprint density at radius 3 is 2.58 bits per heavy atom. The maximum Gasteiger partial charge on any atom is 0.138 e. The molecule has 0 radical (unpaired) electrons. The summed E-state index contributed by atoms with van der Waals surface area (Å²) in [5.41, 5.74) is 8.15. The molecule has 0 aliphatic carbocycles. The van der Waals surface area contributed by atoms with Crippen molar-refractivity contribution < 1.29 is 4.74 Å². The number of hydrogen-bond donors (Lipinski definition) is 1. The van der Waals surface area contributed by atoms with Crippen LogP contribution in [0.5, 0.6) is 5.75 Å². The van der Waals surface area contributed by atoms with Crippen LogP contribution in [-0.4, -0.2) is 7.11 Å². The molecule has 1 unspecified atom stereocenters. The number of halogens is 3. The van der Waals surface area contributed by atoms with Crippen LogP contribution >= 0.6 is 43.5 Å². The Labute approximate surface area is 134 Å². The highest BCUT2D eigenvalue weighted by molar-refractivity contribution is 9.10. The molecule has 100 valence electrons. The Morgan fingerprint density at radius 1 is 1.21 bits per heavy atom. The van der Waals surface area contributed by atoms with Gasteiger partial charge in [-0.05, 0) is 45.8 Å². The van der Waals surface area contributed by atoms with Crippen LogP contribution in [0.15, 0.2) is 45.3 Å². The van der Waals surface area contributed by atoms with Crippen molar-refractivity contribution in [2.45, 2.75) is 6.04 Å². The van der Waals surface area contributed by atoms with E-state index in [1.54, 1.807) is 13.2 Å². The first kappa shape index (κ1) is 14.9. The van der Waals surface area contributed by atoms with Gasteiger partial charge in [-0.2, -0.15) is 0 Å². The molecule has 2 N–H and O–H groups in total. The van der Waals surface area contributed by atoms with Crippen molar-refractivity contribution in [3.8, 4) is 5.75 Å². The summed E-state index contributed by atoms with van der Waals surface area (Å²) >= 11 is 13.0. The van der Waals surface area contributed by atoms with Crippen molar-refractivity contribution >= 4 is 43.5 Å². The first-order valence-corrected chi connectivity index (χ1v) is 7.53. The molecule has 0 aromatic heterocycles. The SMILES string of the molecule is COc1c(Br)cc(Cl)cc1C(N)c1cccc(Br)c1. The number of benzene rings is 2. The van der Waals surface area contributed by atoms with Crippen LogP contribution in [-0.2, 0) is 0 Å². The molecule has 0 saturated heterocycles. The van der Waals surface area contributed by atoms with E-state index in [9.17, 15) is 0 Å². The minimum atomic E-state index is -0.303. The normalized spacial score (nSPS) is 12.3. The van der Waals surface area contributed by atoms with Gasteiger partial charge in [0.05, 0.1) is 17.6 Å². The van der Waals surface area contributed by atoms with E-state index in [0.717, 1.165) is 20.1 Å². The molecule has 1 atom stereocenters. The molecule has 2 aromatic rings. The van der Waals surface area contributed by atoms with Crippen LogP contribution < -0.4 is 10.5 Å². The predicted octanol–water partition coefficient (Wildman–Crippen LogP) is 4.92. The average molecular weight is 406 g/mol. The van der Waals surface area contributed by atoms with Gasteiger partial charge in [0.1, 0.15) is 5.75 Å². The molecule has 0 spiro atoms. The number of ether oxygens (including phenoxy) is 1. The van der Waals surface area contributed by atoms with Crippen LogP contribution in [0.1, 0.15) is 17.2 Å². The van der Waals surface area contributed by atoms with Crippen LogP contribution in [0.4, 0.5) is 0 Å². The van der Waals surface area contributed by atoms with Crippen LogP contribution in [0, 0.1) is 0 Å². The van der Waals surface area contributed by atoms with Gasteiger partial charge in [-0.25, -0.2) is 0 Å². The summed E-state index contributed by atoms with van der Waals surface area (Å²) in [4.78, 5) is 0. The van der Waals surface area contributed by atoms with Gasteiger partial charge in [0.15, 0.2) is 0 Å². The van der Waals surface area contributed by atoms with Gasteiger partial charge in [-0.1, -0.05) is 39.7 Å². The lowest BCUT2D eigenvalue weighted by Crippen LogP contribution is -2.13. The molecule has 0 aliphatic rings. The molecule has 5 heteroatoms. The first-order valence-electron chi connectivity index (χ1n) is 5.57. The van der Waals surface area contributed by atoms with E-state index in [1.165, 1.54) is 0 Å². The smallest absolute Gasteiger partial charge is 0.138 e. The molecule has 0 amide bonds. The fourth-order valence-electron chi connectivity index (χ4n) is 1.91. The molecule has 2 aromatic carbocycles. The van der Waals surface area contributed by atoms with E-state index in [-0.39, 0.29) is 6.04 Å². The number of nitrogens with two attached hydrogens (primary N) is 1. The first-order chi connectivity index (χ1) is 9.02. The lowest BCUT2D eigenvalue weighted by molar-refractivity contribution is 0.405. The molecule has 0 fully saturated rings. The van der Waals surface area contributed by atoms with E-state index in [4.69, 9.17) is 22.1 Å². The molecule has 0 saturated carbocycles. The predicted molar refractivity (Wildman–Crippen MR) is 85.9 cm³/mol. The molecular weight excluding hydrogens is 393 g/mol. The second kappa shape index (κ2) is 6.27. The quantitative estimate of drug-likeness (QED) is 0.787. The van der Waals surface area contributed by atoms with Crippen LogP contribution in [0.3, 0.4) is 0 Å². The minimum absolute atomic E-state index is 0.303. The van der Waals surface area contributed by atoms with Gasteiger partial charge in [0, 0.05) is 15.1 Å². The van der Waals surface area contributed by atoms with Gasteiger partial charge in [-0.3, -0.25) is 0 Å². The van der Waals surface area contributed by atoms with Gasteiger partial charge in [0.2, 0.25) is 0 Å². The Hall–Kier alpha value is -0.550. The second-order valence-corrected chi connectivity index (χ2v) is 6.25. The topological polar surface area (TPSA) is 35.2 Å². The van der Waals surface area contributed by atoms with Gasteiger partial charge < -0.3 is 10.5 Å². The molecule has 2 rings (SSSR count). The summed E-state index contributed by atoms with van der Waals surface area (Å²) in [7, 11) is 1.62. The Kier molecular flexibility index (Phi) is 4.90. The van der Waals surface area contributed by atoms with Crippen molar-refractivity contribution in [1.29, 1.82) is 0 Å². The van der Waals surface area contributed by atoms with Crippen LogP contribution in [0.25, 0.3) is 0 Å². The van der Waals surface area contributed by atoms with Crippen molar-refractivity contribution in [3.63, 3.8) is 0 Å². The lowest BCUT2D eigenvalue weighted by atomic mass is 9.99. The van der Waals surface area contributed by atoms with Gasteiger partial charge in [0.25, 0.3) is 0 Å². The molecule has 0 heterocycles. The molecule has 2 nitrogen and oxygen atoms in total. The highest BCUT2D eigenvalue weighted by atomic mass is 79.9. The average Bonchev–Trinajstić information content (AvgIpc) is 2.37. The van der Waals surface area contributed by atoms with Crippen molar-refractivity contribution in [1.82, 2.24) is 0 Å². The highest BCUT2D eigenvalue weighted by Gasteiger charge is 2.17. The molecule has 0 aliphatic heterocycles. The number of hydrogen-bond acceptors (Lipinski definition) is 2. The Balaban J connectivity index is 2.52. The van der Waals surface area contributed by atoms with E-state index >= 15 is 0 Å². The zero-order chi connectivity index (χ0) is 14.0. The Bertz CT molecular complexity index is 604. The summed E-state index contributed by atoms with van der Waals surface area (Å²) < 4.78 is 7.19. The highest BCUT2D eigenvalue weighted by Crippen LogP contribution is 2.37. The fourth-order valence-corrected chi connectivity index (χ4v) is 3.32. The van der Waals surface area contributed by atoms with E-state index in [1.807, 2.05) is 30.3 Å². The van der Waals surface area contributed by atoms with E-state index in [0.29, 0.717) is 10.8 Å². The fraction of sp³-hybridized carbons (Fsp3) is 0.143. The molecule has 19 heavy (non-hydrogen) atoms. The second-order valence-electron chi connectivity index (χ2n) is 4.04. The summed E-state index contributed by atoms with van der Waals surface area (Å²) in [5.74, 6) is 0.705. The van der Waals surface area contributed by atoms with Gasteiger partial charge in [-0.15, -0.1) is 0 Å². The van der Waals surface area contributed by atoms with Crippen molar-refractivity contribution in [2.75, 3.05) is 7.11 Å². The third kappa shape index (κ3) is 3.31. The van der Waals surface area contributed by atoms with E-state index in [2.05, 4.69) is 31.9 Å². The van der Waals surface area contributed by atoms with Gasteiger partial charge >= 0.3 is 0 Å². The minimum Gasteiger partial charge on any atom is -0.495 e. The standard InChI is InChI=1S/C14H12Br2ClNO/c1-19-14-11(6-10(17)7-12(14)16)13(18)8-3-2-4-9(15)5-8/h2-7,13H,18H2,1H3. The molecule has 0 bridgehead atoms. The largest absolute Gasteiger partial charge is 0.495 e. The summed E-state index contributed by atoms with van der Waals surface area (Å²) in [6.07, 6.45) is 0. The lowest BCUT2D eigenvalue weighted by Gasteiger charge is -2.18. The summed E-state index contributed by atoms with van der Waals surface area (Å²) in [6.45, 7) is 0. The van der Waals surface area contributed by atoms with Crippen LogP contribution in [0.2, 0.25) is 5.02 Å². The summed E-state index contributed by atoms with van der Waals surface area (Å²) in [5, 5.41) is 0.619. The van der Waals surface area contributed by atoms with Crippen molar-refractivity contribution in [2.24, 2.45) is 5.73 Å². The zero-order valence-electron chi connectivity index (χ0n) is 10.2. The number of rotatable bonds is 3. The third-order valence-corrected chi connectivity index (χ3v) is 4.08. The van der Waals surface area contributed by atoms with Crippen molar-refractivity contribution in [3.05, 3.63) is 61.5 Å². The maximum atomic E-state index is 6.32. The Morgan fingerprint density at radius 2 is 1.95 bits per heavy atom. The van der Waals surface area contributed by atoms with E-state index < -0.39 is 0 Å². The monoisotopic (exact) mass is 403 g/mol. The summed E-state index contributed by atoms with van der Waals surface area (Å²) in [6, 6.07) is 11.2. The third-order valence-electron chi connectivity index (χ3n) is 2.78. The molecular formula is C14H12Br2ClNO. The number of methoxy groups -OCH3 is 1.